The minimum absolute atomic E-state index is 0.511. The van der Waals surface area contributed by atoms with Gasteiger partial charge in [0.05, 0.1) is 0 Å². The average molecular weight is 235 g/mol. The molecule has 0 aliphatic carbocycles. The van der Waals surface area contributed by atoms with Crippen molar-refractivity contribution in [1.82, 2.24) is 15.0 Å². The summed E-state index contributed by atoms with van der Waals surface area (Å²) in [6, 6.07) is 2.83. The molecule has 2 heterocycles. The van der Waals surface area contributed by atoms with E-state index in [0.29, 0.717) is 23.7 Å². The summed E-state index contributed by atoms with van der Waals surface area (Å²) in [7, 11) is 0. The highest BCUT2D eigenvalue weighted by atomic mass is 15.5. The molecule has 0 spiro atoms. The average Bonchev–Trinajstić information content (AvgIpc) is 2.22. The van der Waals surface area contributed by atoms with Crippen molar-refractivity contribution in [2.24, 2.45) is 0 Å². The third kappa shape index (κ3) is 2.85. The van der Waals surface area contributed by atoms with Crippen LogP contribution in [-0.2, 0) is 0 Å². The van der Waals surface area contributed by atoms with Crippen molar-refractivity contribution in [1.29, 1.82) is 0 Å². The van der Waals surface area contributed by atoms with Gasteiger partial charge in [0.15, 0.2) is 0 Å². The number of nitrogens with zero attached hydrogens (tertiary/aromatic N) is 3. The van der Waals surface area contributed by atoms with Crippen LogP contribution in [0.3, 0.4) is 0 Å². The van der Waals surface area contributed by atoms with Gasteiger partial charge in [0.1, 0.15) is 17.5 Å². The Balaban J connectivity index is 2.13. The predicted octanol–water partition coefficient (Wildman–Crippen LogP) is 1.96. The number of rotatable bonds is 2. The number of hydrogen-bond donors (Lipinski definition) is 2. The third-order valence-electron chi connectivity index (χ3n) is 3.29. The number of nitrogens with one attached hydrogen (secondary N) is 1. The molecule has 17 heavy (non-hydrogen) atoms. The van der Waals surface area contributed by atoms with Crippen molar-refractivity contribution >= 4 is 11.6 Å². The van der Waals surface area contributed by atoms with E-state index in [1.165, 1.54) is 19.3 Å². The summed E-state index contributed by atoms with van der Waals surface area (Å²) in [5.41, 5.74) is 9.09. The molecule has 1 aliphatic rings. The molecule has 1 saturated heterocycles. The smallest absolute Gasteiger partial charge is 0.146 e. The number of nitrogens with two attached hydrogens (primary N) is 1. The lowest BCUT2D eigenvalue weighted by Gasteiger charge is -2.39. The molecular weight excluding hydrogens is 214 g/mol. The standard InChI is InChI=1S/C12H21N5/c1-8-5-4-6-9(2)17(8)16-12-7-11(13)14-10(3)15-12/h7-9H,4-6H2,1-3H3,(H3,13,14,15,16). The van der Waals surface area contributed by atoms with Crippen molar-refractivity contribution < 1.29 is 0 Å². The first-order valence-electron chi connectivity index (χ1n) is 6.22. The van der Waals surface area contributed by atoms with Gasteiger partial charge in [-0.15, -0.1) is 0 Å². The Morgan fingerprint density at radius 3 is 2.53 bits per heavy atom. The van der Waals surface area contributed by atoms with Crippen LogP contribution in [0, 0.1) is 6.92 Å². The molecule has 1 fully saturated rings. The maximum absolute atomic E-state index is 5.72. The minimum Gasteiger partial charge on any atom is -0.384 e. The normalized spacial score (nSPS) is 25.8. The van der Waals surface area contributed by atoms with E-state index in [-0.39, 0.29) is 0 Å². The zero-order valence-electron chi connectivity index (χ0n) is 10.8. The third-order valence-corrected chi connectivity index (χ3v) is 3.29. The van der Waals surface area contributed by atoms with Crippen LogP contribution in [0.25, 0.3) is 0 Å². The second-order valence-electron chi connectivity index (χ2n) is 4.87. The summed E-state index contributed by atoms with van der Waals surface area (Å²) >= 11 is 0. The van der Waals surface area contributed by atoms with Crippen LogP contribution in [0.5, 0.6) is 0 Å². The zero-order chi connectivity index (χ0) is 12.4. The van der Waals surface area contributed by atoms with Gasteiger partial charge in [-0.1, -0.05) is 6.42 Å². The number of aryl methyl sites for hydroxylation is 1. The largest absolute Gasteiger partial charge is 0.384 e. The van der Waals surface area contributed by atoms with Crippen LogP contribution in [0.4, 0.5) is 11.6 Å². The summed E-state index contributed by atoms with van der Waals surface area (Å²) in [4.78, 5) is 8.43. The molecule has 5 nitrogen and oxygen atoms in total. The van der Waals surface area contributed by atoms with E-state index >= 15 is 0 Å². The Morgan fingerprint density at radius 1 is 1.29 bits per heavy atom. The zero-order valence-corrected chi connectivity index (χ0v) is 10.8. The lowest BCUT2D eigenvalue weighted by Crippen LogP contribution is -2.47. The van der Waals surface area contributed by atoms with E-state index in [9.17, 15) is 0 Å². The second kappa shape index (κ2) is 4.87. The fourth-order valence-electron chi connectivity index (χ4n) is 2.42. The number of hydrazine groups is 1. The Labute approximate surface area is 102 Å². The number of anilines is 2. The highest BCUT2D eigenvalue weighted by Gasteiger charge is 2.24. The van der Waals surface area contributed by atoms with Crippen molar-refractivity contribution in [3.05, 3.63) is 11.9 Å². The Morgan fingerprint density at radius 2 is 1.94 bits per heavy atom. The topological polar surface area (TPSA) is 67.1 Å². The van der Waals surface area contributed by atoms with Gasteiger partial charge in [-0.05, 0) is 33.6 Å². The van der Waals surface area contributed by atoms with Gasteiger partial charge in [0.25, 0.3) is 0 Å². The van der Waals surface area contributed by atoms with Crippen LogP contribution in [-0.4, -0.2) is 27.1 Å². The second-order valence-corrected chi connectivity index (χ2v) is 4.87. The molecule has 2 atom stereocenters. The van der Waals surface area contributed by atoms with E-state index in [2.05, 4.69) is 34.3 Å². The van der Waals surface area contributed by atoms with E-state index in [1.807, 2.05) is 6.92 Å². The summed E-state index contributed by atoms with van der Waals surface area (Å²) < 4.78 is 0. The lowest BCUT2D eigenvalue weighted by molar-refractivity contribution is 0.135. The SMILES string of the molecule is Cc1nc(N)cc(NN2C(C)CCCC2C)n1. The van der Waals surface area contributed by atoms with E-state index in [1.54, 1.807) is 6.07 Å². The molecule has 1 aliphatic heterocycles. The van der Waals surface area contributed by atoms with Crippen LogP contribution in [0.2, 0.25) is 0 Å². The molecule has 0 bridgehead atoms. The molecule has 3 N–H and O–H groups in total. The molecule has 1 aromatic heterocycles. The van der Waals surface area contributed by atoms with Crippen LogP contribution in [0.1, 0.15) is 38.9 Å². The predicted molar refractivity (Wildman–Crippen MR) is 69.4 cm³/mol. The Hall–Kier alpha value is -1.36. The monoisotopic (exact) mass is 235 g/mol. The molecule has 0 aromatic carbocycles. The number of piperidine rings is 1. The summed E-state index contributed by atoms with van der Waals surface area (Å²) in [6.45, 7) is 6.32. The maximum atomic E-state index is 5.72. The highest BCUT2D eigenvalue weighted by molar-refractivity contribution is 5.43. The lowest BCUT2D eigenvalue weighted by atomic mass is 10.00. The first-order valence-corrected chi connectivity index (χ1v) is 6.22. The highest BCUT2D eigenvalue weighted by Crippen LogP contribution is 2.23. The van der Waals surface area contributed by atoms with Gasteiger partial charge in [-0.25, -0.2) is 15.0 Å². The molecule has 1 aromatic rings. The number of aromatic nitrogens is 2. The van der Waals surface area contributed by atoms with Gasteiger partial charge >= 0.3 is 0 Å². The first-order chi connectivity index (χ1) is 8.06. The van der Waals surface area contributed by atoms with Crippen LogP contribution >= 0.6 is 0 Å². The fraction of sp³-hybridized carbons (Fsp3) is 0.667. The molecular formula is C12H21N5. The Kier molecular flexibility index (Phi) is 3.47. The van der Waals surface area contributed by atoms with Gasteiger partial charge in [0.2, 0.25) is 0 Å². The molecule has 0 amide bonds. The maximum Gasteiger partial charge on any atom is 0.146 e. The van der Waals surface area contributed by atoms with Crippen molar-refractivity contribution in [3.8, 4) is 0 Å². The van der Waals surface area contributed by atoms with Gasteiger partial charge in [0, 0.05) is 18.2 Å². The van der Waals surface area contributed by atoms with Crippen molar-refractivity contribution in [2.45, 2.75) is 52.1 Å². The van der Waals surface area contributed by atoms with Gasteiger partial charge in [-0.2, -0.15) is 0 Å². The van der Waals surface area contributed by atoms with Crippen LogP contribution < -0.4 is 11.2 Å². The molecule has 2 unspecified atom stereocenters. The molecule has 0 saturated carbocycles. The minimum atomic E-state index is 0.511. The van der Waals surface area contributed by atoms with Gasteiger partial charge in [-0.3, -0.25) is 0 Å². The molecule has 0 radical (unpaired) electrons. The number of hydrogen-bond acceptors (Lipinski definition) is 5. The van der Waals surface area contributed by atoms with Gasteiger partial charge < -0.3 is 11.2 Å². The summed E-state index contributed by atoms with van der Waals surface area (Å²) in [6.07, 6.45) is 3.74. The van der Waals surface area contributed by atoms with E-state index in [0.717, 1.165) is 5.82 Å². The van der Waals surface area contributed by atoms with Crippen molar-refractivity contribution in [2.75, 3.05) is 11.2 Å². The Bertz CT molecular complexity index is 362. The van der Waals surface area contributed by atoms with Crippen molar-refractivity contribution in [3.63, 3.8) is 0 Å². The molecule has 2 rings (SSSR count). The summed E-state index contributed by atoms with van der Waals surface area (Å²) in [5.74, 6) is 2.00. The first kappa shape index (κ1) is 12.1. The quantitative estimate of drug-likeness (QED) is 0.820. The summed E-state index contributed by atoms with van der Waals surface area (Å²) in [5, 5.41) is 2.27. The van der Waals surface area contributed by atoms with E-state index in [4.69, 9.17) is 5.73 Å². The fourth-order valence-corrected chi connectivity index (χ4v) is 2.42. The van der Waals surface area contributed by atoms with E-state index < -0.39 is 0 Å². The molecule has 5 heteroatoms. The number of nitrogen functional groups attached to an aromatic ring is 1. The molecule has 94 valence electrons. The van der Waals surface area contributed by atoms with Crippen LogP contribution in [0.15, 0.2) is 6.07 Å².